The van der Waals surface area contributed by atoms with E-state index in [1.807, 2.05) is 18.2 Å². The van der Waals surface area contributed by atoms with Crippen molar-refractivity contribution < 1.29 is 14.3 Å². The lowest BCUT2D eigenvalue weighted by Crippen LogP contribution is -2.36. The van der Waals surface area contributed by atoms with Gasteiger partial charge in [-0.05, 0) is 24.1 Å². The van der Waals surface area contributed by atoms with Crippen molar-refractivity contribution in [3.8, 4) is 11.5 Å². The van der Waals surface area contributed by atoms with E-state index in [9.17, 15) is 4.79 Å². The molecule has 6 nitrogen and oxygen atoms in total. The fourth-order valence-corrected chi connectivity index (χ4v) is 2.00. The summed E-state index contributed by atoms with van der Waals surface area (Å²) in [5.41, 5.74) is 6.13. The van der Waals surface area contributed by atoms with Crippen LogP contribution >= 0.6 is 0 Å². The summed E-state index contributed by atoms with van der Waals surface area (Å²) in [6.45, 7) is 3.24. The van der Waals surface area contributed by atoms with E-state index in [4.69, 9.17) is 15.2 Å². The highest BCUT2D eigenvalue weighted by Gasteiger charge is 2.12. The molecule has 0 aliphatic rings. The molecule has 0 aliphatic carbocycles. The van der Waals surface area contributed by atoms with Crippen LogP contribution in [-0.4, -0.2) is 33.3 Å². The van der Waals surface area contributed by atoms with Gasteiger partial charge in [-0.25, -0.2) is 4.79 Å². The molecular weight excluding hydrogens is 258 g/mol. The van der Waals surface area contributed by atoms with Crippen LogP contribution in [0.2, 0.25) is 0 Å². The molecule has 0 spiro atoms. The topological polar surface area (TPSA) is 85.6 Å². The minimum atomic E-state index is -0.508. The second kappa shape index (κ2) is 8.27. The molecule has 1 aromatic rings. The first kappa shape index (κ1) is 16.1. The molecule has 0 heterocycles. The monoisotopic (exact) mass is 281 g/mol. The Bertz CT molecular complexity index is 438. The first-order chi connectivity index (χ1) is 9.62. The van der Waals surface area contributed by atoms with Gasteiger partial charge in [-0.2, -0.15) is 0 Å². The number of hydrogen-bond donors (Lipinski definition) is 3. The van der Waals surface area contributed by atoms with Crippen molar-refractivity contribution in [3.05, 3.63) is 23.8 Å². The largest absolute Gasteiger partial charge is 0.493 e. The molecule has 0 saturated heterocycles. The summed E-state index contributed by atoms with van der Waals surface area (Å²) in [6, 6.07) is 5.53. The summed E-state index contributed by atoms with van der Waals surface area (Å²) >= 11 is 0. The van der Waals surface area contributed by atoms with Gasteiger partial charge in [0.1, 0.15) is 0 Å². The molecule has 1 atom stereocenters. The zero-order valence-corrected chi connectivity index (χ0v) is 12.2. The van der Waals surface area contributed by atoms with Crippen LogP contribution in [0.25, 0.3) is 0 Å². The van der Waals surface area contributed by atoms with Crippen molar-refractivity contribution in [1.29, 1.82) is 0 Å². The molecule has 0 radical (unpaired) electrons. The van der Waals surface area contributed by atoms with Crippen molar-refractivity contribution in [2.75, 3.05) is 27.3 Å². The lowest BCUT2D eigenvalue weighted by molar-refractivity contribution is 0.249. The van der Waals surface area contributed by atoms with Gasteiger partial charge in [0.15, 0.2) is 11.5 Å². The van der Waals surface area contributed by atoms with Gasteiger partial charge in [-0.15, -0.1) is 0 Å². The second-order valence-corrected chi connectivity index (χ2v) is 4.32. The Morgan fingerprint density at radius 1 is 1.25 bits per heavy atom. The van der Waals surface area contributed by atoms with Crippen molar-refractivity contribution in [2.45, 2.75) is 19.4 Å². The summed E-state index contributed by atoms with van der Waals surface area (Å²) in [7, 11) is 3.23. The number of amides is 2. The van der Waals surface area contributed by atoms with Crippen LogP contribution in [0.5, 0.6) is 11.5 Å². The van der Waals surface area contributed by atoms with Gasteiger partial charge in [0, 0.05) is 19.1 Å². The molecule has 1 aromatic carbocycles. The number of carbonyl (C=O) groups excluding carboxylic acids is 1. The van der Waals surface area contributed by atoms with E-state index in [0.717, 1.165) is 12.0 Å². The summed E-state index contributed by atoms with van der Waals surface area (Å²) in [5, 5.41) is 5.91. The minimum Gasteiger partial charge on any atom is -0.493 e. The molecule has 1 unspecified atom stereocenters. The minimum absolute atomic E-state index is 0.185. The average molecular weight is 281 g/mol. The Morgan fingerprint density at radius 2 is 1.95 bits per heavy atom. The number of nitrogens with two attached hydrogens (primary N) is 1. The van der Waals surface area contributed by atoms with Gasteiger partial charge in [0.25, 0.3) is 0 Å². The molecule has 0 aromatic heterocycles. The number of urea groups is 1. The standard InChI is InChI=1S/C14H23N3O3/c1-4-11(16-7-8-17-14(15)18)10-5-6-12(19-2)13(9-10)20-3/h5-6,9,11,16H,4,7-8H2,1-3H3,(H3,15,17,18). The molecule has 20 heavy (non-hydrogen) atoms. The second-order valence-electron chi connectivity index (χ2n) is 4.32. The van der Waals surface area contributed by atoms with E-state index in [0.29, 0.717) is 24.6 Å². The quantitative estimate of drug-likeness (QED) is 0.629. The summed E-state index contributed by atoms with van der Waals surface area (Å²) in [5.74, 6) is 1.42. The van der Waals surface area contributed by atoms with Gasteiger partial charge in [0.2, 0.25) is 0 Å². The van der Waals surface area contributed by atoms with Crippen molar-refractivity contribution in [1.82, 2.24) is 10.6 Å². The maximum atomic E-state index is 10.6. The number of hydrogen-bond acceptors (Lipinski definition) is 4. The van der Waals surface area contributed by atoms with Crippen LogP contribution in [-0.2, 0) is 0 Å². The van der Waals surface area contributed by atoms with Crippen molar-refractivity contribution in [2.24, 2.45) is 5.73 Å². The third-order valence-electron chi connectivity index (χ3n) is 3.03. The maximum Gasteiger partial charge on any atom is 0.312 e. The number of primary amides is 1. The summed E-state index contributed by atoms with van der Waals surface area (Å²) < 4.78 is 10.5. The van der Waals surface area contributed by atoms with E-state index in [1.54, 1.807) is 14.2 Å². The third kappa shape index (κ3) is 4.62. The highest BCUT2D eigenvalue weighted by Crippen LogP contribution is 2.30. The van der Waals surface area contributed by atoms with Gasteiger partial charge in [-0.1, -0.05) is 13.0 Å². The van der Waals surface area contributed by atoms with Crippen LogP contribution in [0.1, 0.15) is 24.9 Å². The first-order valence-corrected chi connectivity index (χ1v) is 6.61. The lowest BCUT2D eigenvalue weighted by atomic mass is 10.0. The van der Waals surface area contributed by atoms with Crippen molar-refractivity contribution >= 4 is 6.03 Å². The molecule has 0 aliphatic heterocycles. The normalized spacial score (nSPS) is 11.8. The molecule has 0 fully saturated rings. The zero-order chi connectivity index (χ0) is 15.0. The first-order valence-electron chi connectivity index (χ1n) is 6.61. The van der Waals surface area contributed by atoms with E-state index < -0.39 is 6.03 Å². The van der Waals surface area contributed by atoms with Crippen molar-refractivity contribution in [3.63, 3.8) is 0 Å². The van der Waals surface area contributed by atoms with Gasteiger partial charge in [-0.3, -0.25) is 0 Å². The highest BCUT2D eigenvalue weighted by molar-refractivity contribution is 5.71. The third-order valence-corrected chi connectivity index (χ3v) is 3.03. The fraction of sp³-hybridized carbons (Fsp3) is 0.500. The number of nitrogens with one attached hydrogen (secondary N) is 2. The number of ether oxygens (including phenoxy) is 2. The molecular formula is C14H23N3O3. The summed E-state index contributed by atoms with van der Waals surface area (Å²) in [4.78, 5) is 10.6. The Kier molecular flexibility index (Phi) is 6.66. The van der Waals surface area contributed by atoms with Crippen LogP contribution in [0.15, 0.2) is 18.2 Å². The van der Waals surface area contributed by atoms with Crippen LogP contribution in [0.4, 0.5) is 4.79 Å². The van der Waals surface area contributed by atoms with E-state index >= 15 is 0 Å². The number of benzene rings is 1. The predicted octanol–water partition coefficient (Wildman–Crippen LogP) is 1.41. The van der Waals surface area contributed by atoms with E-state index in [-0.39, 0.29) is 6.04 Å². The number of methoxy groups -OCH3 is 2. The van der Waals surface area contributed by atoms with Crippen LogP contribution in [0, 0.1) is 0 Å². The van der Waals surface area contributed by atoms with Gasteiger partial charge in [0.05, 0.1) is 14.2 Å². The average Bonchev–Trinajstić information content (AvgIpc) is 2.46. The zero-order valence-electron chi connectivity index (χ0n) is 12.2. The smallest absolute Gasteiger partial charge is 0.312 e. The molecule has 1 rings (SSSR count). The Morgan fingerprint density at radius 3 is 2.50 bits per heavy atom. The lowest BCUT2D eigenvalue weighted by Gasteiger charge is -2.19. The fourth-order valence-electron chi connectivity index (χ4n) is 2.00. The van der Waals surface area contributed by atoms with E-state index in [1.165, 1.54) is 0 Å². The van der Waals surface area contributed by atoms with Gasteiger partial charge < -0.3 is 25.8 Å². The number of carbonyl (C=O) groups is 1. The van der Waals surface area contributed by atoms with Crippen LogP contribution < -0.4 is 25.8 Å². The molecule has 112 valence electrons. The van der Waals surface area contributed by atoms with Crippen LogP contribution in [0.3, 0.4) is 0 Å². The maximum absolute atomic E-state index is 10.6. The van der Waals surface area contributed by atoms with E-state index in [2.05, 4.69) is 17.6 Å². The Labute approximate surface area is 119 Å². The Balaban J connectivity index is 2.67. The SMILES string of the molecule is CCC(NCCNC(N)=O)c1ccc(OC)c(OC)c1. The Hall–Kier alpha value is -1.95. The highest BCUT2D eigenvalue weighted by atomic mass is 16.5. The molecule has 0 saturated carbocycles. The number of rotatable bonds is 8. The predicted molar refractivity (Wildman–Crippen MR) is 78.2 cm³/mol. The molecule has 4 N–H and O–H groups in total. The van der Waals surface area contributed by atoms with Gasteiger partial charge >= 0.3 is 6.03 Å². The summed E-state index contributed by atoms with van der Waals surface area (Å²) in [6.07, 6.45) is 0.923. The molecule has 2 amide bonds. The molecule has 0 bridgehead atoms. The molecule has 6 heteroatoms.